The number of nitrogens with two attached hydrogens (primary N) is 1. The fourth-order valence-electron chi connectivity index (χ4n) is 2.27. The average molecular weight is 266 g/mol. The van der Waals surface area contributed by atoms with Crippen molar-refractivity contribution in [2.24, 2.45) is 5.73 Å². The van der Waals surface area contributed by atoms with Gasteiger partial charge in [0.1, 0.15) is 5.82 Å². The van der Waals surface area contributed by atoms with Crippen molar-refractivity contribution in [2.45, 2.75) is 25.6 Å². The van der Waals surface area contributed by atoms with Gasteiger partial charge in [0.2, 0.25) is 5.91 Å². The largest absolute Gasteiger partial charge is 0.372 e. The summed E-state index contributed by atoms with van der Waals surface area (Å²) in [4.78, 5) is 13.3. The molecule has 2 N–H and O–H groups in total. The van der Waals surface area contributed by atoms with Crippen LogP contribution in [0.4, 0.5) is 4.39 Å². The molecule has 0 saturated carbocycles. The van der Waals surface area contributed by atoms with E-state index in [0.29, 0.717) is 13.2 Å². The maximum absolute atomic E-state index is 13.0. The van der Waals surface area contributed by atoms with Crippen molar-refractivity contribution >= 4 is 5.91 Å². The number of amides is 1. The second kappa shape index (κ2) is 6.63. The van der Waals surface area contributed by atoms with E-state index in [1.165, 1.54) is 12.1 Å². The van der Waals surface area contributed by atoms with Gasteiger partial charge in [-0.25, -0.2) is 4.39 Å². The van der Waals surface area contributed by atoms with Gasteiger partial charge in [-0.3, -0.25) is 4.79 Å². The smallest absolute Gasteiger partial charge is 0.236 e. The highest BCUT2D eigenvalue weighted by Gasteiger charge is 2.23. The van der Waals surface area contributed by atoms with Crippen LogP contribution >= 0.6 is 0 Å². The molecule has 1 aliphatic heterocycles. The number of ether oxygens (including phenoxy) is 1. The molecule has 1 amide bonds. The number of likely N-dealkylation sites (tertiary alicyclic amines) is 1. The molecule has 5 heteroatoms. The fraction of sp³-hybridized carbons (Fsp3) is 0.500. The number of hydrogen-bond acceptors (Lipinski definition) is 3. The molecule has 1 fully saturated rings. The molecule has 1 saturated heterocycles. The van der Waals surface area contributed by atoms with Crippen LogP contribution in [0.1, 0.15) is 18.4 Å². The predicted octanol–water partition coefficient (Wildman–Crippen LogP) is 1.29. The normalized spacial score (nSPS) is 19.5. The molecule has 0 radical (unpaired) electrons. The van der Waals surface area contributed by atoms with E-state index in [9.17, 15) is 9.18 Å². The molecule has 0 aromatic heterocycles. The summed E-state index contributed by atoms with van der Waals surface area (Å²) >= 11 is 0. The number of piperidine rings is 1. The summed E-state index contributed by atoms with van der Waals surface area (Å²) in [6, 6.07) is 6.37. The molecule has 0 spiro atoms. The first-order valence-electron chi connectivity index (χ1n) is 6.53. The van der Waals surface area contributed by atoms with Crippen LogP contribution in [-0.4, -0.2) is 36.5 Å². The van der Waals surface area contributed by atoms with Crippen LogP contribution in [0, 0.1) is 5.82 Å². The number of rotatable bonds is 4. The van der Waals surface area contributed by atoms with Crippen molar-refractivity contribution in [3.05, 3.63) is 35.6 Å². The van der Waals surface area contributed by atoms with Crippen molar-refractivity contribution in [2.75, 3.05) is 19.6 Å². The summed E-state index contributed by atoms with van der Waals surface area (Å²) in [5.41, 5.74) is 6.16. The van der Waals surface area contributed by atoms with E-state index < -0.39 is 0 Å². The number of carbonyl (C=O) groups is 1. The lowest BCUT2D eigenvalue weighted by Crippen LogP contribution is -2.45. The minimum absolute atomic E-state index is 0.00696. The highest BCUT2D eigenvalue weighted by atomic mass is 19.1. The summed E-state index contributed by atoms with van der Waals surface area (Å²) < 4.78 is 18.8. The lowest BCUT2D eigenvalue weighted by atomic mass is 10.1. The summed E-state index contributed by atoms with van der Waals surface area (Å²) in [6.45, 7) is 1.73. The highest BCUT2D eigenvalue weighted by Crippen LogP contribution is 2.15. The van der Waals surface area contributed by atoms with Gasteiger partial charge in [-0.15, -0.1) is 0 Å². The molecule has 4 nitrogen and oxygen atoms in total. The van der Waals surface area contributed by atoms with Crippen molar-refractivity contribution in [1.29, 1.82) is 0 Å². The molecule has 0 aliphatic carbocycles. The second-order valence-electron chi connectivity index (χ2n) is 4.75. The Balaban J connectivity index is 1.84. The third-order valence-corrected chi connectivity index (χ3v) is 3.28. The van der Waals surface area contributed by atoms with Crippen molar-refractivity contribution in [3.8, 4) is 0 Å². The van der Waals surface area contributed by atoms with E-state index in [0.717, 1.165) is 24.9 Å². The van der Waals surface area contributed by atoms with Crippen LogP contribution in [0.5, 0.6) is 0 Å². The van der Waals surface area contributed by atoms with Gasteiger partial charge in [-0.05, 0) is 30.5 Å². The summed E-state index contributed by atoms with van der Waals surface area (Å²) in [5.74, 6) is -0.302. The van der Waals surface area contributed by atoms with Gasteiger partial charge in [0.05, 0.1) is 19.3 Å². The number of benzene rings is 1. The maximum atomic E-state index is 13.0. The molecule has 2 rings (SSSR count). The van der Waals surface area contributed by atoms with Gasteiger partial charge in [0, 0.05) is 13.1 Å². The van der Waals surface area contributed by atoms with E-state index >= 15 is 0 Å². The van der Waals surface area contributed by atoms with Gasteiger partial charge in [-0.2, -0.15) is 0 Å². The molecule has 1 unspecified atom stereocenters. The molecule has 1 aromatic carbocycles. The third-order valence-electron chi connectivity index (χ3n) is 3.28. The second-order valence-corrected chi connectivity index (χ2v) is 4.75. The van der Waals surface area contributed by atoms with Crippen LogP contribution < -0.4 is 5.73 Å². The zero-order valence-corrected chi connectivity index (χ0v) is 10.8. The summed E-state index contributed by atoms with van der Waals surface area (Å²) in [5, 5.41) is 0. The van der Waals surface area contributed by atoms with E-state index in [2.05, 4.69) is 0 Å². The lowest BCUT2D eigenvalue weighted by Gasteiger charge is -2.32. The van der Waals surface area contributed by atoms with Crippen molar-refractivity contribution in [3.63, 3.8) is 0 Å². The fourth-order valence-corrected chi connectivity index (χ4v) is 2.27. The maximum Gasteiger partial charge on any atom is 0.236 e. The van der Waals surface area contributed by atoms with Crippen molar-refractivity contribution < 1.29 is 13.9 Å². The number of hydrogen-bond donors (Lipinski definition) is 1. The zero-order chi connectivity index (χ0) is 13.7. The Morgan fingerprint density at radius 1 is 1.53 bits per heavy atom. The lowest BCUT2D eigenvalue weighted by molar-refractivity contribution is -0.134. The molecule has 0 bridgehead atoms. The van der Waals surface area contributed by atoms with Crippen LogP contribution in [-0.2, 0) is 16.1 Å². The Hall–Kier alpha value is -1.46. The Bertz CT molecular complexity index is 439. The molecule has 104 valence electrons. The third kappa shape index (κ3) is 4.01. The Kier molecular flexibility index (Phi) is 4.87. The van der Waals surface area contributed by atoms with Gasteiger partial charge in [0.15, 0.2) is 0 Å². The minimum atomic E-state index is -0.260. The van der Waals surface area contributed by atoms with E-state index in [-0.39, 0.29) is 24.4 Å². The molecule has 1 heterocycles. The van der Waals surface area contributed by atoms with Crippen LogP contribution in [0.3, 0.4) is 0 Å². The van der Waals surface area contributed by atoms with E-state index in [1.807, 2.05) is 6.07 Å². The minimum Gasteiger partial charge on any atom is -0.372 e. The van der Waals surface area contributed by atoms with Gasteiger partial charge >= 0.3 is 0 Å². The van der Waals surface area contributed by atoms with Crippen LogP contribution in [0.2, 0.25) is 0 Å². The first kappa shape index (κ1) is 14.0. The predicted molar refractivity (Wildman–Crippen MR) is 69.8 cm³/mol. The van der Waals surface area contributed by atoms with Gasteiger partial charge in [0.25, 0.3) is 0 Å². The SMILES string of the molecule is NCC(=O)N1CCCC(OCc2cccc(F)c2)C1. The van der Waals surface area contributed by atoms with Crippen LogP contribution in [0.25, 0.3) is 0 Å². The number of halogens is 1. The highest BCUT2D eigenvalue weighted by molar-refractivity contribution is 5.78. The molecule has 19 heavy (non-hydrogen) atoms. The first-order valence-corrected chi connectivity index (χ1v) is 6.53. The van der Waals surface area contributed by atoms with Gasteiger partial charge in [-0.1, -0.05) is 12.1 Å². The quantitative estimate of drug-likeness (QED) is 0.893. The molecular weight excluding hydrogens is 247 g/mol. The summed E-state index contributed by atoms with van der Waals surface area (Å²) in [7, 11) is 0. The monoisotopic (exact) mass is 266 g/mol. The molecule has 1 aromatic rings. The van der Waals surface area contributed by atoms with E-state index in [4.69, 9.17) is 10.5 Å². The average Bonchev–Trinajstić information content (AvgIpc) is 2.45. The standard InChI is InChI=1S/C14H19FN2O2/c15-12-4-1-3-11(7-12)10-19-13-5-2-6-17(9-13)14(18)8-16/h1,3-4,7,13H,2,5-6,8-10,16H2. The Labute approximate surface area is 112 Å². The molecule has 1 atom stereocenters. The molecule has 1 aliphatic rings. The summed E-state index contributed by atoms with van der Waals surface area (Å²) in [6.07, 6.45) is 1.84. The first-order chi connectivity index (χ1) is 9.19. The zero-order valence-electron chi connectivity index (χ0n) is 10.8. The Morgan fingerprint density at radius 2 is 2.37 bits per heavy atom. The number of nitrogens with zero attached hydrogens (tertiary/aromatic N) is 1. The van der Waals surface area contributed by atoms with E-state index in [1.54, 1.807) is 11.0 Å². The topological polar surface area (TPSA) is 55.6 Å². The van der Waals surface area contributed by atoms with Crippen LogP contribution in [0.15, 0.2) is 24.3 Å². The van der Waals surface area contributed by atoms with Crippen molar-refractivity contribution in [1.82, 2.24) is 4.90 Å². The Morgan fingerprint density at radius 3 is 3.11 bits per heavy atom. The van der Waals surface area contributed by atoms with Gasteiger partial charge < -0.3 is 15.4 Å². The molecular formula is C14H19FN2O2. The number of carbonyl (C=O) groups excluding carboxylic acids is 1.